The second kappa shape index (κ2) is 2.89. The van der Waals surface area contributed by atoms with Gasteiger partial charge in [0.25, 0.3) is 0 Å². The van der Waals surface area contributed by atoms with Crippen LogP contribution in [-0.2, 0) is 4.74 Å². The Bertz CT molecular complexity index is 110. The Labute approximate surface area is 62.2 Å². The minimum atomic E-state index is 0.0226. The highest BCUT2D eigenvalue weighted by atomic mass is 16.5. The molecule has 1 fully saturated rings. The van der Waals surface area contributed by atoms with Gasteiger partial charge in [-0.2, -0.15) is 0 Å². The van der Waals surface area contributed by atoms with Gasteiger partial charge in [-0.1, -0.05) is 13.8 Å². The Morgan fingerprint density at radius 2 is 2.40 bits per heavy atom. The molecule has 2 heteroatoms. The summed E-state index contributed by atoms with van der Waals surface area (Å²) < 4.78 is 5.46. The zero-order chi connectivity index (χ0) is 7.61. The van der Waals surface area contributed by atoms with Crippen molar-refractivity contribution in [2.45, 2.75) is 32.3 Å². The van der Waals surface area contributed by atoms with Gasteiger partial charge in [0, 0.05) is 12.5 Å². The fourth-order valence-corrected chi connectivity index (χ4v) is 1.62. The van der Waals surface area contributed by atoms with Gasteiger partial charge in [0.05, 0.1) is 12.2 Å². The molecule has 1 rings (SSSR count). The molecule has 0 radical (unpaired) electrons. The third-order valence-electron chi connectivity index (χ3n) is 2.65. The fraction of sp³-hybridized carbons (Fsp3) is 1.00. The molecule has 0 aromatic carbocycles. The minimum absolute atomic E-state index is 0.0226. The van der Waals surface area contributed by atoms with E-state index in [1.807, 2.05) is 0 Å². The average molecular weight is 144 g/mol. The molecule has 0 aromatic heterocycles. The Balaban J connectivity index is 2.43. The number of ether oxygens (including phenoxy) is 1. The highest BCUT2D eigenvalue weighted by Crippen LogP contribution is 2.38. The molecule has 0 saturated carbocycles. The second-order valence-electron chi connectivity index (χ2n) is 3.10. The van der Waals surface area contributed by atoms with Gasteiger partial charge in [-0.3, -0.25) is 0 Å². The molecule has 2 atom stereocenters. The lowest BCUT2D eigenvalue weighted by Gasteiger charge is -2.47. The normalized spacial score (nSPS) is 39.3. The monoisotopic (exact) mass is 144 g/mol. The first-order chi connectivity index (χ1) is 4.75. The van der Waals surface area contributed by atoms with Gasteiger partial charge in [-0.25, -0.2) is 0 Å². The maximum atomic E-state index is 8.74. The standard InChI is InChI=1S/C8H16O2/c1-3-8(4-5-9)7(2)6-10-8/h7,9H,3-6H2,1-2H3. The Kier molecular flexibility index (Phi) is 2.32. The maximum Gasteiger partial charge on any atom is 0.0749 e. The average Bonchev–Trinajstić information content (AvgIpc) is 1.97. The molecular weight excluding hydrogens is 128 g/mol. The molecule has 1 heterocycles. The lowest BCUT2D eigenvalue weighted by Crippen LogP contribution is -2.52. The van der Waals surface area contributed by atoms with Crippen LogP contribution in [0.25, 0.3) is 0 Å². The number of hydrogen-bond donors (Lipinski definition) is 1. The van der Waals surface area contributed by atoms with Crippen molar-refractivity contribution < 1.29 is 9.84 Å². The lowest BCUT2D eigenvalue weighted by molar-refractivity contribution is -0.206. The van der Waals surface area contributed by atoms with E-state index in [1.54, 1.807) is 0 Å². The van der Waals surface area contributed by atoms with Crippen molar-refractivity contribution in [1.82, 2.24) is 0 Å². The number of aliphatic hydroxyl groups is 1. The highest BCUT2D eigenvalue weighted by molar-refractivity contribution is 4.91. The first-order valence-corrected chi connectivity index (χ1v) is 4.00. The molecule has 60 valence electrons. The highest BCUT2D eigenvalue weighted by Gasteiger charge is 2.43. The van der Waals surface area contributed by atoms with Crippen molar-refractivity contribution in [2.75, 3.05) is 13.2 Å². The van der Waals surface area contributed by atoms with Crippen molar-refractivity contribution in [3.63, 3.8) is 0 Å². The van der Waals surface area contributed by atoms with Gasteiger partial charge in [-0.15, -0.1) is 0 Å². The van der Waals surface area contributed by atoms with Gasteiger partial charge in [0.1, 0.15) is 0 Å². The molecule has 2 nitrogen and oxygen atoms in total. The van der Waals surface area contributed by atoms with E-state index in [2.05, 4.69) is 13.8 Å². The van der Waals surface area contributed by atoms with Crippen LogP contribution < -0.4 is 0 Å². The van der Waals surface area contributed by atoms with E-state index in [-0.39, 0.29) is 12.2 Å². The molecule has 1 aliphatic rings. The van der Waals surface area contributed by atoms with Crippen LogP contribution in [0.5, 0.6) is 0 Å². The first-order valence-electron chi connectivity index (χ1n) is 4.00. The molecule has 1 saturated heterocycles. The third kappa shape index (κ3) is 1.06. The van der Waals surface area contributed by atoms with Crippen LogP contribution in [0, 0.1) is 5.92 Å². The van der Waals surface area contributed by atoms with Gasteiger partial charge in [0.15, 0.2) is 0 Å². The second-order valence-corrected chi connectivity index (χ2v) is 3.10. The Morgan fingerprint density at radius 1 is 1.70 bits per heavy atom. The molecule has 0 spiro atoms. The Morgan fingerprint density at radius 3 is 2.50 bits per heavy atom. The van der Waals surface area contributed by atoms with Crippen LogP contribution >= 0.6 is 0 Å². The summed E-state index contributed by atoms with van der Waals surface area (Å²) >= 11 is 0. The summed E-state index contributed by atoms with van der Waals surface area (Å²) in [5, 5.41) is 8.74. The summed E-state index contributed by atoms with van der Waals surface area (Å²) in [5.41, 5.74) is 0.0226. The zero-order valence-electron chi connectivity index (χ0n) is 6.76. The largest absolute Gasteiger partial charge is 0.396 e. The fourth-order valence-electron chi connectivity index (χ4n) is 1.62. The van der Waals surface area contributed by atoms with Crippen molar-refractivity contribution in [3.05, 3.63) is 0 Å². The third-order valence-corrected chi connectivity index (χ3v) is 2.65. The Hall–Kier alpha value is -0.0800. The molecular formula is C8H16O2. The number of rotatable bonds is 3. The van der Waals surface area contributed by atoms with Crippen LogP contribution in [0.4, 0.5) is 0 Å². The molecule has 0 aliphatic carbocycles. The molecule has 0 bridgehead atoms. The van der Waals surface area contributed by atoms with Crippen LogP contribution in [0.2, 0.25) is 0 Å². The van der Waals surface area contributed by atoms with Crippen LogP contribution in [-0.4, -0.2) is 23.9 Å². The van der Waals surface area contributed by atoms with Crippen molar-refractivity contribution in [1.29, 1.82) is 0 Å². The zero-order valence-corrected chi connectivity index (χ0v) is 6.76. The predicted octanol–water partition coefficient (Wildman–Crippen LogP) is 1.18. The molecule has 2 unspecified atom stereocenters. The quantitative estimate of drug-likeness (QED) is 0.644. The van der Waals surface area contributed by atoms with E-state index in [0.29, 0.717) is 5.92 Å². The molecule has 10 heavy (non-hydrogen) atoms. The van der Waals surface area contributed by atoms with E-state index in [4.69, 9.17) is 9.84 Å². The van der Waals surface area contributed by atoms with Crippen molar-refractivity contribution >= 4 is 0 Å². The van der Waals surface area contributed by atoms with E-state index in [9.17, 15) is 0 Å². The number of hydrogen-bond acceptors (Lipinski definition) is 2. The van der Waals surface area contributed by atoms with Gasteiger partial charge in [0.2, 0.25) is 0 Å². The van der Waals surface area contributed by atoms with Gasteiger partial charge >= 0.3 is 0 Å². The van der Waals surface area contributed by atoms with E-state index >= 15 is 0 Å². The molecule has 1 N–H and O–H groups in total. The summed E-state index contributed by atoms with van der Waals surface area (Å²) in [7, 11) is 0. The SMILES string of the molecule is CCC1(CCO)OCC1C. The van der Waals surface area contributed by atoms with E-state index in [1.165, 1.54) is 0 Å². The summed E-state index contributed by atoms with van der Waals surface area (Å²) in [6, 6.07) is 0. The summed E-state index contributed by atoms with van der Waals surface area (Å²) in [6.45, 7) is 5.42. The predicted molar refractivity (Wildman–Crippen MR) is 39.8 cm³/mol. The maximum absolute atomic E-state index is 8.74. The van der Waals surface area contributed by atoms with Crippen LogP contribution in [0.3, 0.4) is 0 Å². The first kappa shape index (κ1) is 8.02. The van der Waals surface area contributed by atoms with Crippen LogP contribution in [0.15, 0.2) is 0 Å². The van der Waals surface area contributed by atoms with E-state index in [0.717, 1.165) is 19.4 Å². The smallest absolute Gasteiger partial charge is 0.0749 e. The van der Waals surface area contributed by atoms with Crippen molar-refractivity contribution in [3.8, 4) is 0 Å². The van der Waals surface area contributed by atoms with Gasteiger partial charge in [-0.05, 0) is 12.8 Å². The minimum Gasteiger partial charge on any atom is -0.396 e. The van der Waals surface area contributed by atoms with Gasteiger partial charge < -0.3 is 9.84 Å². The number of aliphatic hydroxyl groups excluding tert-OH is 1. The molecule has 1 aliphatic heterocycles. The van der Waals surface area contributed by atoms with Crippen molar-refractivity contribution in [2.24, 2.45) is 5.92 Å². The summed E-state index contributed by atoms with van der Waals surface area (Å²) in [5.74, 6) is 0.629. The van der Waals surface area contributed by atoms with Crippen LogP contribution in [0.1, 0.15) is 26.7 Å². The lowest BCUT2D eigenvalue weighted by atomic mass is 9.79. The summed E-state index contributed by atoms with van der Waals surface area (Å²) in [4.78, 5) is 0. The summed E-state index contributed by atoms with van der Waals surface area (Å²) in [6.07, 6.45) is 1.82. The van der Waals surface area contributed by atoms with E-state index < -0.39 is 0 Å². The molecule has 0 aromatic rings. The topological polar surface area (TPSA) is 29.5 Å². The molecule has 0 amide bonds.